The molecule has 5 rings (SSSR count). The van der Waals surface area contributed by atoms with Crippen LogP contribution in [0.15, 0.2) is 126 Å². The number of hydrogen-bond acceptors (Lipinski definition) is 2. The quantitative estimate of drug-likeness (QED) is 0.272. The van der Waals surface area contributed by atoms with Gasteiger partial charge in [-0.25, -0.2) is 0 Å². The molecule has 5 aromatic rings. The molecule has 0 atom stereocenters. The number of nitrogens with zero attached hydrogens (tertiary/aromatic N) is 2. The van der Waals surface area contributed by atoms with Gasteiger partial charge in [-0.15, -0.1) is 11.3 Å². The van der Waals surface area contributed by atoms with E-state index < -0.39 is 0 Å². The summed E-state index contributed by atoms with van der Waals surface area (Å²) in [6.07, 6.45) is 0.861. The van der Waals surface area contributed by atoms with E-state index in [0.29, 0.717) is 10.4 Å². The van der Waals surface area contributed by atoms with Gasteiger partial charge in [-0.05, 0) is 40.8 Å². The van der Waals surface area contributed by atoms with E-state index in [0.717, 1.165) is 24.2 Å². The third kappa shape index (κ3) is 4.98. The molecule has 34 heavy (non-hydrogen) atoms. The highest BCUT2D eigenvalue weighted by atomic mass is 32.1. The van der Waals surface area contributed by atoms with Crippen LogP contribution >= 0.6 is 11.3 Å². The molecule has 0 radical (unpaired) electrons. The first-order valence-corrected chi connectivity index (χ1v) is 12.2. The van der Waals surface area contributed by atoms with Crippen molar-refractivity contribution in [3.05, 3.63) is 137 Å². The molecule has 0 aliphatic carbocycles. The highest BCUT2D eigenvalue weighted by Gasteiger charge is 2.11. The zero-order valence-corrected chi connectivity index (χ0v) is 19.5. The van der Waals surface area contributed by atoms with Crippen molar-refractivity contribution in [2.24, 2.45) is 4.99 Å². The summed E-state index contributed by atoms with van der Waals surface area (Å²) in [7, 11) is 0. The average Bonchev–Trinajstić information content (AvgIpc) is 3.31. The Bertz CT molecular complexity index is 1430. The van der Waals surface area contributed by atoms with Gasteiger partial charge in [0.15, 0.2) is 4.80 Å². The maximum Gasteiger partial charge on any atom is 0.279 e. The lowest BCUT2D eigenvalue weighted by atomic mass is 10.0. The second-order valence-corrected chi connectivity index (χ2v) is 8.85. The molecule has 0 saturated carbocycles. The summed E-state index contributed by atoms with van der Waals surface area (Å²) >= 11 is 1.51. The van der Waals surface area contributed by atoms with Crippen LogP contribution in [0.3, 0.4) is 0 Å². The van der Waals surface area contributed by atoms with E-state index in [4.69, 9.17) is 0 Å². The van der Waals surface area contributed by atoms with E-state index in [9.17, 15) is 4.79 Å². The molecule has 3 nitrogen and oxygen atoms in total. The summed E-state index contributed by atoms with van der Waals surface area (Å²) in [4.78, 5) is 18.0. The Labute approximate surface area is 203 Å². The predicted molar refractivity (Wildman–Crippen MR) is 140 cm³/mol. The lowest BCUT2D eigenvalue weighted by Gasteiger charge is -2.10. The third-order valence-electron chi connectivity index (χ3n) is 5.77. The molecule has 0 fully saturated rings. The van der Waals surface area contributed by atoms with Gasteiger partial charge in [-0.1, -0.05) is 103 Å². The minimum atomic E-state index is -0.220. The first-order valence-electron chi connectivity index (χ1n) is 11.3. The van der Waals surface area contributed by atoms with Crippen molar-refractivity contribution >= 4 is 17.2 Å². The molecule has 1 heterocycles. The summed E-state index contributed by atoms with van der Waals surface area (Å²) in [5.74, 6) is -0.220. The van der Waals surface area contributed by atoms with Gasteiger partial charge in [0.25, 0.3) is 5.91 Å². The largest absolute Gasteiger partial charge is 0.316 e. The zero-order valence-electron chi connectivity index (χ0n) is 18.7. The van der Waals surface area contributed by atoms with Crippen molar-refractivity contribution in [2.75, 3.05) is 0 Å². The Hall–Kier alpha value is -4.02. The van der Waals surface area contributed by atoms with Gasteiger partial charge in [0.2, 0.25) is 0 Å². The van der Waals surface area contributed by atoms with Crippen LogP contribution in [0.4, 0.5) is 0 Å². The first kappa shape index (κ1) is 21.8. The fraction of sp³-hybridized carbons (Fsp3) is 0.0667. The van der Waals surface area contributed by atoms with Gasteiger partial charge in [-0.2, -0.15) is 4.99 Å². The normalized spacial score (nSPS) is 11.5. The number of hydrogen-bond donors (Lipinski definition) is 0. The smallest absolute Gasteiger partial charge is 0.279 e. The summed E-state index contributed by atoms with van der Waals surface area (Å²) in [6, 6.07) is 38.6. The molecule has 4 heteroatoms. The van der Waals surface area contributed by atoms with Crippen molar-refractivity contribution in [1.82, 2.24) is 4.57 Å². The van der Waals surface area contributed by atoms with Crippen molar-refractivity contribution in [2.45, 2.75) is 13.0 Å². The summed E-state index contributed by atoms with van der Waals surface area (Å²) in [5.41, 5.74) is 6.41. The number of thiazole rings is 1. The van der Waals surface area contributed by atoms with Gasteiger partial charge < -0.3 is 4.57 Å². The summed E-state index contributed by atoms with van der Waals surface area (Å²) < 4.78 is 2.16. The van der Waals surface area contributed by atoms with Crippen molar-refractivity contribution in [3.8, 4) is 22.4 Å². The highest BCUT2D eigenvalue weighted by Crippen LogP contribution is 2.25. The second-order valence-electron chi connectivity index (χ2n) is 8.02. The summed E-state index contributed by atoms with van der Waals surface area (Å²) in [6.45, 7) is 0.740. The fourth-order valence-corrected chi connectivity index (χ4v) is 4.88. The molecule has 0 bridgehead atoms. The fourth-order valence-electron chi connectivity index (χ4n) is 3.95. The minimum Gasteiger partial charge on any atom is -0.316 e. The van der Waals surface area contributed by atoms with Crippen LogP contribution in [-0.4, -0.2) is 10.5 Å². The number of benzene rings is 4. The Morgan fingerprint density at radius 2 is 1.24 bits per heavy atom. The average molecular weight is 461 g/mol. The van der Waals surface area contributed by atoms with Gasteiger partial charge in [0.05, 0.1) is 5.69 Å². The van der Waals surface area contributed by atoms with Gasteiger partial charge in [-0.3, -0.25) is 4.79 Å². The van der Waals surface area contributed by atoms with Gasteiger partial charge >= 0.3 is 0 Å². The monoisotopic (exact) mass is 460 g/mol. The summed E-state index contributed by atoms with van der Waals surface area (Å²) in [5, 5.41) is 2.10. The maximum absolute atomic E-state index is 12.8. The van der Waals surface area contributed by atoms with Crippen LogP contribution in [0.25, 0.3) is 22.4 Å². The second kappa shape index (κ2) is 10.3. The SMILES string of the molecule is O=C(N=c1scc(-c2ccc(-c3ccccc3)cc2)n1CCc1ccccc1)c1ccccc1. The van der Waals surface area contributed by atoms with Crippen LogP contribution in [0.2, 0.25) is 0 Å². The van der Waals surface area contributed by atoms with Crippen LogP contribution in [0, 0.1) is 0 Å². The number of aryl methyl sites for hydroxylation is 1. The Morgan fingerprint density at radius 3 is 1.91 bits per heavy atom. The number of carbonyl (C=O) groups is 1. The van der Waals surface area contributed by atoms with Gasteiger partial charge in [0.1, 0.15) is 0 Å². The highest BCUT2D eigenvalue weighted by molar-refractivity contribution is 7.07. The molecule has 0 N–H and O–H groups in total. The van der Waals surface area contributed by atoms with E-state index in [1.807, 2.05) is 30.3 Å². The van der Waals surface area contributed by atoms with Crippen LogP contribution in [0.5, 0.6) is 0 Å². The molecule has 0 aliphatic rings. The maximum atomic E-state index is 12.8. The van der Waals surface area contributed by atoms with Crippen molar-refractivity contribution in [3.63, 3.8) is 0 Å². The molecular weight excluding hydrogens is 436 g/mol. The van der Waals surface area contributed by atoms with Crippen LogP contribution in [-0.2, 0) is 13.0 Å². The van der Waals surface area contributed by atoms with Gasteiger partial charge in [0, 0.05) is 17.5 Å². The molecule has 0 unspecified atom stereocenters. The third-order valence-corrected chi connectivity index (χ3v) is 6.63. The lowest BCUT2D eigenvalue weighted by molar-refractivity contribution is 0.0998. The molecule has 0 saturated heterocycles. The molecule has 166 valence electrons. The first-order chi connectivity index (χ1) is 16.8. The van der Waals surface area contributed by atoms with E-state index in [1.54, 1.807) is 12.1 Å². The molecule has 4 aromatic carbocycles. The molecular formula is C30H24N2OS. The van der Waals surface area contributed by atoms with E-state index in [2.05, 4.69) is 87.7 Å². The van der Waals surface area contributed by atoms with E-state index >= 15 is 0 Å². The minimum absolute atomic E-state index is 0.220. The van der Waals surface area contributed by atoms with Crippen LogP contribution < -0.4 is 4.80 Å². The Morgan fingerprint density at radius 1 is 0.676 bits per heavy atom. The molecule has 0 aliphatic heterocycles. The number of rotatable bonds is 6. The Balaban J connectivity index is 1.51. The number of amides is 1. The van der Waals surface area contributed by atoms with Crippen LogP contribution in [0.1, 0.15) is 15.9 Å². The predicted octanol–water partition coefficient (Wildman–Crippen LogP) is 6.87. The molecule has 1 aromatic heterocycles. The zero-order chi connectivity index (χ0) is 23.2. The van der Waals surface area contributed by atoms with Crippen molar-refractivity contribution in [1.29, 1.82) is 0 Å². The van der Waals surface area contributed by atoms with E-state index in [-0.39, 0.29) is 5.91 Å². The Kier molecular flexibility index (Phi) is 6.59. The lowest BCUT2D eigenvalue weighted by Crippen LogP contribution is -2.19. The molecule has 0 spiro atoms. The van der Waals surface area contributed by atoms with E-state index in [1.165, 1.54) is 28.0 Å². The topological polar surface area (TPSA) is 34.4 Å². The number of carbonyl (C=O) groups excluding carboxylic acids is 1. The van der Waals surface area contributed by atoms with Crippen molar-refractivity contribution < 1.29 is 4.79 Å². The standard InChI is InChI=1S/C30H24N2OS/c33-29(27-14-8-3-9-15-27)31-30-32(21-20-23-10-4-1-5-11-23)28(22-34-30)26-18-16-25(17-19-26)24-12-6-2-7-13-24/h1-19,22H,20-21H2. The number of aromatic nitrogens is 1. The molecule has 1 amide bonds.